The van der Waals surface area contributed by atoms with E-state index in [1.807, 2.05) is 49.4 Å². The van der Waals surface area contributed by atoms with E-state index in [0.29, 0.717) is 29.5 Å². The number of aryl methyl sites for hydroxylation is 1. The first-order chi connectivity index (χ1) is 15.1. The van der Waals surface area contributed by atoms with E-state index in [0.717, 1.165) is 40.7 Å². The highest BCUT2D eigenvalue weighted by Gasteiger charge is 2.30. The number of fused-ring (bicyclic) bond motifs is 1. The monoisotopic (exact) mass is 416 g/mol. The van der Waals surface area contributed by atoms with Gasteiger partial charge in [0.2, 0.25) is 0 Å². The van der Waals surface area contributed by atoms with Gasteiger partial charge in [-0.2, -0.15) is 10.2 Å². The van der Waals surface area contributed by atoms with E-state index in [9.17, 15) is 4.79 Å². The number of rotatable bonds is 6. The molecule has 0 atom stereocenters. The fourth-order valence-corrected chi connectivity index (χ4v) is 3.97. The fraction of sp³-hybridized carbons (Fsp3) is 0.292. The second-order valence-corrected chi connectivity index (χ2v) is 7.95. The third-order valence-corrected chi connectivity index (χ3v) is 5.76. The van der Waals surface area contributed by atoms with Crippen LogP contribution in [0, 0.1) is 6.92 Å². The van der Waals surface area contributed by atoms with Gasteiger partial charge in [-0.1, -0.05) is 18.2 Å². The van der Waals surface area contributed by atoms with Crippen molar-refractivity contribution < 1.29 is 9.47 Å². The molecule has 2 aromatic heterocycles. The summed E-state index contributed by atoms with van der Waals surface area (Å²) in [6, 6.07) is 13.6. The lowest BCUT2D eigenvalue weighted by Gasteiger charge is -2.12. The molecule has 0 radical (unpaired) electrons. The Labute approximate surface area is 179 Å². The van der Waals surface area contributed by atoms with Crippen molar-refractivity contribution >= 4 is 10.9 Å². The minimum atomic E-state index is -0.165. The average molecular weight is 416 g/mol. The van der Waals surface area contributed by atoms with Crippen LogP contribution < -0.4 is 15.0 Å². The van der Waals surface area contributed by atoms with E-state index in [-0.39, 0.29) is 5.56 Å². The smallest absolute Gasteiger partial charge is 0.293 e. The molecule has 2 aromatic carbocycles. The van der Waals surface area contributed by atoms with Gasteiger partial charge < -0.3 is 9.47 Å². The van der Waals surface area contributed by atoms with Gasteiger partial charge in [-0.05, 0) is 49.1 Å². The lowest BCUT2D eigenvalue weighted by atomic mass is 10.1. The van der Waals surface area contributed by atoms with Gasteiger partial charge in [0, 0.05) is 17.4 Å². The van der Waals surface area contributed by atoms with Crippen molar-refractivity contribution in [1.82, 2.24) is 19.6 Å². The molecule has 0 saturated heterocycles. The van der Waals surface area contributed by atoms with Crippen LogP contribution in [0.5, 0.6) is 11.5 Å². The predicted octanol–water partition coefficient (Wildman–Crippen LogP) is 3.83. The molecule has 1 fully saturated rings. The van der Waals surface area contributed by atoms with Gasteiger partial charge in [0.25, 0.3) is 5.56 Å². The molecule has 0 spiro atoms. The first kappa shape index (κ1) is 19.4. The zero-order valence-corrected chi connectivity index (χ0v) is 17.8. The minimum Gasteiger partial charge on any atom is -0.497 e. The van der Waals surface area contributed by atoms with Crippen molar-refractivity contribution in [1.29, 1.82) is 0 Å². The normalized spacial score (nSPS) is 13.5. The third kappa shape index (κ3) is 3.46. The Morgan fingerprint density at radius 1 is 1.06 bits per heavy atom. The lowest BCUT2D eigenvalue weighted by molar-refractivity contribution is 0.393. The number of methoxy groups -OCH3 is 2. The number of ether oxygens (including phenoxy) is 2. The number of para-hydroxylation sites is 1. The second kappa shape index (κ2) is 7.58. The van der Waals surface area contributed by atoms with Gasteiger partial charge in [-0.3, -0.25) is 4.79 Å². The summed E-state index contributed by atoms with van der Waals surface area (Å²) in [7, 11) is 3.22. The topological polar surface area (TPSA) is 71.2 Å². The molecular weight excluding hydrogens is 392 g/mol. The van der Waals surface area contributed by atoms with Crippen molar-refractivity contribution in [2.45, 2.75) is 32.2 Å². The van der Waals surface area contributed by atoms with Crippen LogP contribution in [0.2, 0.25) is 0 Å². The molecule has 1 aliphatic rings. The largest absolute Gasteiger partial charge is 0.497 e. The summed E-state index contributed by atoms with van der Waals surface area (Å²) in [5.41, 5.74) is 4.19. The average Bonchev–Trinajstić information content (AvgIpc) is 3.54. The number of benzene rings is 2. The Morgan fingerprint density at radius 2 is 1.77 bits per heavy atom. The van der Waals surface area contributed by atoms with Crippen molar-refractivity contribution in [2.75, 3.05) is 14.2 Å². The summed E-state index contributed by atoms with van der Waals surface area (Å²) in [5, 5.41) is 10.2. The molecule has 0 aliphatic heterocycles. The van der Waals surface area contributed by atoms with E-state index in [1.54, 1.807) is 29.8 Å². The third-order valence-electron chi connectivity index (χ3n) is 5.76. The fourth-order valence-electron chi connectivity index (χ4n) is 3.97. The molecule has 2 heterocycles. The molecule has 1 aliphatic carbocycles. The van der Waals surface area contributed by atoms with Crippen LogP contribution >= 0.6 is 0 Å². The molecule has 0 amide bonds. The first-order valence-corrected chi connectivity index (χ1v) is 10.4. The van der Waals surface area contributed by atoms with Crippen molar-refractivity contribution in [3.8, 4) is 17.2 Å². The van der Waals surface area contributed by atoms with Crippen LogP contribution in [0.25, 0.3) is 16.6 Å². The SMILES string of the molecule is COc1cc(Cn2nc(C3CC3)c3cnn(-c4ccccc4C)c3c2=O)cc(OC)c1. The maximum absolute atomic E-state index is 13.6. The van der Waals surface area contributed by atoms with Gasteiger partial charge in [0.1, 0.15) is 17.0 Å². The Kier molecular flexibility index (Phi) is 4.73. The van der Waals surface area contributed by atoms with Gasteiger partial charge in [0.05, 0.1) is 38.3 Å². The summed E-state index contributed by atoms with van der Waals surface area (Å²) >= 11 is 0. The summed E-state index contributed by atoms with van der Waals surface area (Å²) in [5.74, 6) is 1.73. The molecule has 7 nitrogen and oxygen atoms in total. The Hall–Kier alpha value is -3.61. The minimum absolute atomic E-state index is 0.165. The zero-order chi connectivity index (χ0) is 21.5. The van der Waals surface area contributed by atoms with Crippen LogP contribution in [0.4, 0.5) is 0 Å². The molecule has 1 saturated carbocycles. The van der Waals surface area contributed by atoms with E-state index in [1.165, 1.54) is 0 Å². The van der Waals surface area contributed by atoms with Crippen molar-refractivity contribution in [2.24, 2.45) is 0 Å². The zero-order valence-electron chi connectivity index (χ0n) is 17.8. The van der Waals surface area contributed by atoms with Crippen LogP contribution in [0.1, 0.15) is 35.6 Å². The quantitative estimate of drug-likeness (QED) is 0.478. The Balaban J connectivity index is 1.69. The Morgan fingerprint density at radius 3 is 2.42 bits per heavy atom. The van der Waals surface area contributed by atoms with Crippen LogP contribution in [0.3, 0.4) is 0 Å². The summed E-state index contributed by atoms with van der Waals surface area (Å²) < 4.78 is 14.1. The molecular formula is C24H24N4O3. The number of nitrogens with zero attached hydrogens (tertiary/aromatic N) is 4. The maximum atomic E-state index is 13.6. The predicted molar refractivity (Wildman–Crippen MR) is 118 cm³/mol. The van der Waals surface area contributed by atoms with Gasteiger partial charge in [-0.25, -0.2) is 9.36 Å². The molecule has 7 heteroatoms. The lowest BCUT2D eigenvalue weighted by Crippen LogP contribution is -2.26. The summed E-state index contributed by atoms with van der Waals surface area (Å²) in [4.78, 5) is 13.6. The van der Waals surface area contributed by atoms with Gasteiger partial charge in [-0.15, -0.1) is 0 Å². The van der Waals surface area contributed by atoms with Crippen LogP contribution in [0.15, 0.2) is 53.5 Å². The van der Waals surface area contributed by atoms with Crippen LogP contribution in [-0.2, 0) is 6.54 Å². The summed E-state index contributed by atoms with van der Waals surface area (Å²) in [6.07, 6.45) is 3.95. The molecule has 0 unspecified atom stereocenters. The molecule has 0 bridgehead atoms. The number of aromatic nitrogens is 4. The number of hydrogen-bond acceptors (Lipinski definition) is 5. The molecule has 158 valence electrons. The highest BCUT2D eigenvalue weighted by atomic mass is 16.5. The highest BCUT2D eigenvalue weighted by Crippen LogP contribution is 2.41. The number of hydrogen-bond donors (Lipinski definition) is 0. The Bertz CT molecular complexity index is 1310. The summed E-state index contributed by atoms with van der Waals surface area (Å²) in [6.45, 7) is 2.34. The second-order valence-electron chi connectivity index (χ2n) is 7.95. The molecule has 4 aromatic rings. The van der Waals surface area contributed by atoms with Gasteiger partial charge in [0.15, 0.2) is 0 Å². The van der Waals surface area contributed by atoms with Gasteiger partial charge >= 0.3 is 0 Å². The standard InChI is InChI=1S/C24H24N4O3/c1-15-6-4-5-7-21(15)28-23-20(13-25-28)22(17-8-9-17)26-27(24(23)29)14-16-10-18(30-2)12-19(11-16)31-3/h4-7,10-13,17H,8-9,14H2,1-3H3. The van der Waals surface area contributed by atoms with Crippen LogP contribution in [-0.4, -0.2) is 33.8 Å². The van der Waals surface area contributed by atoms with E-state index in [2.05, 4.69) is 5.10 Å². The van der Waals surface area contributed by atoms with E-state index < -0.39 is 0 Å². The van der Waals surface area contributed by atoms with Crippen molar-refractivity contribution in [3.05, 3.63) is 75.8 Å². The van der Waals surface area contributed by atoms with Crippen molar-refractivity contribution in [3.63, 3.8) is 0 Å². The van der Waals surface area contributed by atoms with E-state index >= 15 is 0 Å². The molecule has 31 heavy (non-hydrogen) atoms. The first-order valence-electron chi connectivity index (χ1n) is 10.4. The molecule has 5 rings (SSSR count). The van der Waals surface area contributed by atoms with E-state index in [4.69, 9.17) is 14.6 Å². The molecule has 0 N–H and O–H groups in total. The maximum Gasteiger partial charge on any atom is 0.293 e. The highest BCUT2D eigenvalue weighted by molar-refractivity contribution is 5.82.